The topological polar surface area (TPSA) is 67.9 Å². The van der Waals surface area contributed by atoms with Crippen molar-refractivity contribution >= 4 is 16.9 Å². The summed E-state index contributed by atoms with van der Waals surface area (Å²) in [7, 11) is 1.38. The fourth-order valence-electron chi connectivity index (χ4n) is 2.50. The van der Waals surface area contributed by atoms with E-state index in [-0.39, 0.29) is 12.4 Å². The average Bonchev–Trinajstić information content (AvgIpc) is 2.94. The molecule has 0 fully saturated rings. The van der Waals surface area contributed by atoms with Crippen LogP contribution in [0.25, 0.3) is 10.9 Å². The Labute approximate surface area is 133 Å². The number of para-hydroxylation sites is 1. The van der Waals surface area contributed by atoms with Crippen LogP contribution in [-0.4, -0.2) is 22.9 Å². The second-order valence-corrected chi connectivity index (χ2v) is 5.20. The summed E-state index contributed by atoms with van der Waals surface area (Å²) in [5.41, 5.74) is 3.32. The van der Waals surface area contributed by atoms with E-state index in [0.717, 1.165) is 22.0 Å². The van der Waals surface area contributed by atoms with Crippen molar-refractivity contribution in [3.63, 3.8) is 0 Å². The molecule has 1 heterocycles. The van der Waals surface area contributed by atoms with Gasteiger partial charge in [-0.2, -0.15) is 10.4 Å². The molecule has 3 aromatic rings. The zero-order valence-corrected chi connectivity index (χ0v) is 12.7. The van der Waals surface area contributed by atoms with E-state index in [1.165, 1.54) is 7.11 Å². The number of nitriles is 1. The SMILES string of the molecule is COC(=O)Cc1ccc(Cn2nc(C#N)c3ccccc32)cc1. The molecule has 0 spiro atoms. The van der Waals surface area contributed by atoms with Crippen molar-refractivity contribution in [1.82, 2.24) is 9.78 Å². The highest BCUT2D eigenvalue weighted by molar-refractivity contribution is 5.84. The normalized spacial score (nSPS) is 10.4. The summed E-state index contributed by atoms with van der Waals surface area (Å²) >= 11 is 0. The summed E-state index contributed by atoms with van der Waals surface area (Å²) < 4.78 is 6.48. The molecular weight excluding hydrogens is 290 g/mol. The largest absolute Gasteiger partial charge is 0.469 e. The van der Waals surface area contributed by atoms with E-state index in [1.807, 2.05) is 53.2 Å². The number of ether oxygens (including phenoxy) is 1. The van der Waals surface area contributed by atoms with Gasteiger partial charge in [0.1, 0.15) is 6.07 Å². The minimum atomic E-state index is -0.255. The number of benzene rings is 2. The van der Waals surface area contributed by atoms with Crippen molar-refractivity contribution in [3.05, 3.63) is 65.4 Å². The van der Waals surface area contributed by atoms with Gasteiger partial charge in [0, 0.05) is 5.39 Å². The molecule has 2 aromatic carbocycles. The zero-order chi connectivity index (χ0) is 16.2. The van der Waals surface area contributed by atoms with E-state index < -0.39 is 0 Å². The molecule has 0 saturated heterocycles. The third-order valence-electron chi connectivity index (χ3n) is 3.70. The van der Waals surface area contributed by atoms with E-state index in [4.69, 9.17) is 0 Å². The summed E-state index contributed by atoms with van der Waals surface area (Å²) in [6.45, 7) is 0.570. The molecule has 23 heavy (non-hydrogen) atoms. The molecule has 0 bridgehead atoms. The van der Waals surface area contributed by atoms with Crippen LogP contribution < -0.4 is 0 Å². The van der Waals surface area contributed by atoms with Crippen LogP contribution in [0.15, 0.2) is 48.5 Å². The molecule has 0 unspecified atom stereocenters. The Morgan fingerprint density at radius 3 is 2.57 bits per heavy atom. The molecular formula is C18H15N3O2. The van der Waals surface area contributed by atoms with E-state index in [9.17, 15) is 10.1 Å². The highest BCUT2D eigenvalue weighted by Gasteiger charge is 2.10. The summed E-state index contributed by atoms with van der Waals surface area (Å²) in [6, 6.07) is 17.5. The number of esters is 1. The Bertz CT molecular complexity index is 889. The number of carbonyl (C=O) groups is 1. The third kappa shape index (κ3) is 3.06. The Hall–Kier alpha value is -3.13. The lowest BCUT2D eigenvalue weighted by molar-refractivity contribution is -0.139. The predicted octanol–water partition coefficient (Wildman–Crippen LogP) is 2.67. The molecule has 0 amide bonds. The molecule has 0 atom stereocenters. The van der Waals surface area contributed by atoms with Crippen LogP contribution >= 0.6 is 0 Å². The van der Waals surface area contributed by atoms with Gasteiger partial charge < -0.3 is 4.74 Å². The highest BCUT2D eigenvalue weighted by Crippen LogP contribution is 2.19. The number of methoxy groups -OCH3 is 1. The van der Waals surface area contributed by atoms with Crippen LogP contribution in [0.5, 0.6) is 0 Å². The smallest absolute Gasteiger partial charge is 0.309 e. The van der Waals surface area contributed by atoms with Gasteiger partial charge in [0.15, 0.2) is 5.69 Å². The average molecular weight is 305 g/mol. The molecule has 0 aliphatic rings. The Morgan fingerprint density at radius 2 is 1.87 bits per heavy atom. The molecule has 1 aromatic heterocycles. The second-order valence-electron chi connectivity index (χ2n) is 5.20. The molecule has 5 heteroatoms. The second kappa shape index (κ2) is 6.32. The van der Waals surface area contributed by atoms with Gasteiger partial charge in [0.2, 0.25) is 0 Å². The molecule has 5 nitrogen and oxygen atoms in total. The first-order chi connectivity index (χ1) is 11.2. The number of hydrogen-bond donors (Lipinski definition) is 0. The van der Waals surface area contributed by atoms with E-state index in [0.29, 0.717) is 12.2 Å². The maximum absolute atomic E-state index is 11.3. The van der Waals surface area contributed by atoms with Crippen LogP contribution in [-0.2, 0) is 22.5 Å². The number of aromatic nitrogens is 2. The molecule has 114 valence electrons. The van der Waals surface area contributed by atoms with Gasteiger partial charge in [-0.15, -0.1) is 0 Å². The van der Waals surface area contributed by atoms with Crippen molar-refractivity contribution in [2.45, 2.75) is 13.0 Å². The van der Waals surface area contributed by atoms with Gasteiger partial charge in [-0.3, -0.25) is 9.48 Å². The molecule has 0 aliphatic heterocycles. The minimum absolute atomic E-state index is 0.255. The van der Waals surface area contributed by atoms with Gasteiger partial charge in [0.25, 0.3) is 0 Å². The summed E-state index contributed by atoms with van der Waals surface area (Å²) in [5.74, 6) is -0.255. The highest BCUT2D eigenvalue weighted by atomic mass is 16.5. The number of nitrogens with zero attached hydrogens (tertiary/aromatic N) is 3. The lowest BCUT2D eigenvalue weighted by Gasteiger charge is -2.05. The van der Waals surface area contributed by atoms with Crippen LogP contribution in [0.2, 0.25) is 0 Å². The van der Waals surface area contributed by atoms with Crippen LogP contribution in [0.3, 0.4) is 0 Å². The Morgan fingerprint density at radius 1 is 1.17 bits per heavy atom. The summed E-state index contributed by atoms with van der Waals surface area (Å²) in [4.78, 5) is 11.3. The molecule has 0 radical (unpaired) electrons. The van der Waals surface area contributed by atoms with E-state index in [2.05, 4.69) is 15.9 Å². The van der Waals surface area contributed by atoms with Gasteiger partial charge >= 0.3 is 5.97 Å². The first kappa shape index (κ1) is 14.8. The Balaban J connectivity index is 1.85. The lowest BCUT2D eigenvalue weighted by Crippen LogP contribution is -2.05. The van der Waals surface area contributed by atoms with Crippen LogP contribution in [0, 0.1) is 11.3 Å². The van der Waals surface area contributed by atoms with Crippen LogP contribution in [0.1, 0.15) is 16.8 Å². The fraction of sp³-hybridized carbons (Fsp3) is 0.167. The molecule has 3 rings (SSSR count). The summed E-state index contributed by atoms with van der Waals surface area (Å²) in [5, 5.41) is 14.4. The quantitative estimate of drug-likeness (QED) is 0.695. The van der Waals surface area contributed by atoms with Gasteiger partial charge in [-0.05, 0) is 23.3 Å². The standard InChI is InChI=1S/C18H15N3O2/c1-23-18(22)10-13-6-8-14(9-7-13)12-21-17-5-3-2-4-15(17)16(11-19)20-21/h2-9H,10,12H2,1H3. The van der Waals surface area contributed by atoms with E-state index >= 15 is 0 Å². The number of rotatable bonds is 4. The lowest BCUT2D eigenvalue weighted by atomic mass is 10.1. The maximum Gasteiger partial charge on any atom is 0.309 e. The summed E-state index contributed by atoms with van der Waals surface area (Å²) in [6.07, 6.45) is 0.264. The molecule has 0 saturated carbocycles. The molecule has 0 N–H and O–H groups in total. The van der Waals surface area contributed by atoms with Crippen molar-refractivity contribution in [2.75, 3.05) is 7.11 Å². The Kier molecular flexibility index (Phi) is 4.07. The maximum atomic E-state index is 11.3. The number of carbonyl (C=O) groups excluding carboxylic acids is 1. The number of fused-ring (bicyclic) bond motifs is 1. The minimum Gasteiger partial charge on any atom is -0.469 e. The van der Waals surface area contributed by atoms with Gasteiger partial charge in [-0.1, -0.05) is 36.4 Å². The van der Waals surface area contributed by atoms with E-state index in [1.54, 1.807) is 0 Å². The van der Waals surface area contributed by atoms with Crippen molar-refractivity contribution in [3.8, 4) is 6.07 Å². The van der Waals surface area contributed by atoms with Gasteiger partial charge in [0.05, 0.1) is 25.6 Å². The monoisotopic (exact) mass is 305 g/mol. The first-order valence-corrected chi connectivity index (χ1v) is 7.21. The molecule has 0 aliphatic carbocycles. The van der Waals surface area contributed by atoms with Crippen LogP contribution in [0.4, 0.5) is 0 Å². The van der Waals surface area contributed by atoms with Gasteiger partial charge in [-0.25, -0.2) is 0 Å². The number of hydrogen-bond acceptors (Lipinski definition) is 4. The predicted molar refractivity (Wildman–Crippen MR) is 85.7 cm³/mol. The zero-order valence-electron chi connectivity index (χ0n) is 12.7. The van der Waals surface area contributed by atoms with Crippen molar-refractivity contribution in [1.29, 1.82) is 5.26 Å². The first-order valence-electron chi connectivity index (χ1n) is 7.21. The third-order valence-corrected chi connectivity index (χ3v) is 3.70. The van der Waals surface area contributed by atoms with Crippen molar-refractivity contribution < 1.29 is 9.53 Å². The fourth-order valence-corrected chi connectivity index (χ4v) is 2.50. The van der Waals surface area contributed by atoms with Crippen molar-refractivity contribution in [2.24, 2.45) is 0 Å².